The third-order valence-electron chi connectivity index (χ3n) is 4.47. The maximum Gasteiger partial charge on any atom is 0.251 e. The molecule has 0 saturated heterocycles. The summed E-state index contributed by atoms with van der Waals surface area (Å²) in [5.41, 5.74) is 4.21. The van der Waals surface area contributed by atoms with Crippen molar-refractivity contribution >= 4 is 17.9 Å². The Bertz CT molecular complexity index is 707. The van der Waals surface area contributed by atoms with Crippen LogP contribution in [0.25, 0.3) is 0 Å². The van der Waals surface area contributed by atoms with E-state index in [-0.39, 0.29) is 5.91 Å². The molecule has 1 aromatic carbocycles. The zero-order valence-corrected chi connectivity index (χ0v) is 15.2. The second-order valence-electron chi connectivity index (χ2n) is 6.47. The van der Waals surface area contributed by atoms with Crippen molar-refractivity contribution in [2.45, 2.75) is 59.0 Å². The number of nitrogens with one attached hydrogen (secondary N) is 3. The molecule has 1 atom stereocenters. The summed E-state index contributed by atoms with van der Waals surface area (Å²) in [6.45, 7) is 6.06. The normalized spacial score (nSPS) is 17.1. The lowest BCUT2D eigenvalue weighted by Crippen LogP contribution is -2.46. The number of carbonyl (C=O) groups is 2. The van der Waals surface area contributed by atoms with Crippen LogP contribution in [0.3, 0.4) is 0 Å². The van der Waals surface area contributed by atoms with E-state index in [0.29, 0.717) is 35.4 Å². The van der Waals surface area contributed by atoms with Gasteiger partial charge in [0, 0.05) is 11.1 Å². The molecule has 0 saturated carbocycles. The largest absolute Gasteiger partial charge is 0.360 e. The Morgan fingerprint density at radius 1 is 1.24 bits per heavy atom. The van der Waals surface area contributed by atoms with Gasteiger partial charge in [-0.2, -0.15) is 0 Å². The molecule has 0 bridgehead atoms. The van der Waals surface area contributed by atoms with Gasteiger partial charge >= 0.3 is 0 Å². The minimum Gasteiger partial charge on any atom is -0.360 e. The van der Waals surface area contributed by atoms with Crippen LogP contribution in [-0.4, -0.2) is 17.9 Å². The van der Waals surface area contributed by atoms with E-state index in [1.165, 1.54) is 0 Å². The van der Waals surface area contributed by atoms with Gasteiger partial charge in [0.25, 0.3) is 5.91 Å². The van der Waals surface area contributed by atoms with Crippen molar-refractivity contribution in [1.29, 1.82) is 5.41 Å². The van der Waals surface area contributed by atoms with E-state index in [4.69, 9.17) is 5.41 Å². The molecular weight excluding hydrogens is 314 g/mol. The van der Waals surface area contributed by atoms with E-state index in [2.05, 4.69) is 17.6 Å². The fraction of sp³-hybridized carbons (Fsp3) is 0.450. The first-order valence-corrected chi connectivity index (χ1v) is 8.95. The molecular formula is C20H27N3O2. The van der Waals surface area contributed by atoms with Gasteiger partial charge in [0.15, 0.2) is 0 Å². The molecule has 25 heavy (non-hydrogen) atoms. The number of allylic oxidation sites excluding steroid dienone is 1. The highest BCUT2D eigenvalue weighted by Crippen LogP contribution is 2.25. The zero-order valence-electron chi connectivity index (χ0n) is 15.2. The minimum absolute atomic E-state index is 0.121. The number of benzene rings is 1. The van der Waals surface area contributed by atoms with E-state index in [9.17, 15) is 9.59 Å². The van der Waals surface area contributed by atoms with Crippen LogP contribution in [0.4, 0.5) is 0 Å². The van der Waals surface area contributed by atoms with Crippen molar-refractivity contribution in [3.63, 3.8) is 0 Å². The third-order valence-corrected chi connectivity index (χ3v) is 4.47. The Morgan fingerprint density at radius 3 is 2.64 bits per heavy atom. The molecule has 1 aliphatic heterocycles. The molecule has 1 unspecified atom stereocenters. The van der Waals surface area contributed by atoms with Crippen molar-refractivity contribution in [3.05, 3.63) is 46.2 Å². The van der Waals surface area contributed by atoms with E-state index in [1.54, 1.807) is 12.1 Å². The summed E-state index contributed by atoms with van der Waals surface area (Å²) in [5, 5.41) is 14.7. The van der Waals surface area contributed by atoms with Crippen molar-refractivity contribution in [2.75, 3.05) is 0 Å². The highest BCUT2D eigenvalue weighted by atomic mass is 16.2. The van der Waals surface area contributed by atoms with Gasteiger partial charge in [0.1, 0.15) is 12.5 Å². The maximum absolute atomic E-state index is 12.7. The standard InChI is InChI=1S/C20H27N3O2/c1-4-6-8-15-18(17(21)7-5-2)22-19(23-20(15)25)16-11-14(12-24)10-9-13(16)3/h9-12,19,21-22H,4-8H2,1-3H3,(H,23,25). The van der Waals surface area contributed by atoms with Gasteiger partial charge in [-0.25, -0.2) is 0 Å². The van der Waals surface area contributed by atoms with Crippen LogP contribution in [0.2, 0.25) is 0 Å². The average Bonchev–Trinajstić information content (AvgIpc) is 2.60. The summed E-state index contributed by atoms with van der Waals surface area (Å²) in [6.07, 6.45) is 4.44. The molecule has 0 spiro atoms. The average molecular weight is 341 g/mol. The molecule has 134 valence electrons. The van der Waals surface area contributed by atoms with E-state index in [0.717, 1.165) is 36.7 Å². The molecule has 1 aromatic rings. The summed E-state index contributed by atoms with van der Waals surface area (Å²) < 4.78 is 0. The van der Waals surface area contributed by atoms with Gasteiger partial charge in [-0.05, 0) is 43.4 Å². The predicted octanol–water partition coefficient (Wildman–Crippen LogP) is 3.79. The predicted molar refractivity (Wildman–Crippen MR) is 99.8 cm³/mol. The molecule has 0 aromatic heterocycles. The van der Waals surface area contributed by atoms with Crippen LogP contribution >= 0.6 is 0 Å². The molecule has 5 nitrogen and oxygen atoms in total. The van der Waals surface area contributed by atoms with Crippen LogP contribution in [0.15, 0.2) is 29.5 Å². The summed E-state index contributed by atoms with van der Waals surface area (Å²) in [4.78, 5) is 23.8. The first-order valence-electron chi connectivity index (χ1n) is 8.95. The number of aryl methyl sites for hydroxylation is 1. The van der Waals surface area contributed by atoms with Crippen molar-refractivity contribution < 1.29 is 9.59 Å². The first-order chi connectivity index (χ1) is 12.0. The van der Waals surface area contributed by atoms with Gasteiger partial charge in [-0.3, -0.25) is 9.59 Å². The number of carbonyl (C=O) groups excluding carboxylic acids is 2. The van der Waals surface area contributed by atoms with E-state index < -0.39 is 6.17 Å². The first kappa shape index (κ1) is 18.9. The smallest absolute Gasteiger partial charge is 0.251 e. The van der Waals surface area contributed by atoms with Gasteiger partial charge < -0.3 is 16.0 Å². The van der Waals surface area contributed by atoms with Gasteiger partial charge in [0.05, 0.1) is 11.4 Å². The summed E-state index contributed by atoms with van der Waals surface area (Å²) in [5.74, 6) is -0.121. The summed E-state index contributed by atoms with van der Waals surface area (Å²) >= 11 is 0. The fourth-order valence-corrected chi connectivity index (χ4v) is 3.03. The monoisotopic (exact) mass is 341 g/mol. The number of rotatable bonds is 8. The Labute approximate surface area is 149 Å². The molecule has 0 aliphatic carbocycles. The van der Waals surface area contributed by atoms with Gasteiger partial charge in [-0.1, -0.05) is 38.8 Å². The number of aldehydes is 1. The second-order valence-corrected chi connectivity index (χ2v) is 6.47. The lowest BCUT2D eigenvalue weighted by atomic mass is 9.95. The quantitative estimate of drug-likeness (QED) is 0.497. The molecule has 0 radical (unpaired) electrons. The molecule has 1 amide bonds. The molecule has 1 aliphatic rings. The van der Waals surface area contributed by atoms with Crippen molar-refractivity contribution in [1.82, 2.24) is 10.6 Å². The zero-order chi connectivity index (χ0) is 18.4. The summed E-state index contributed by atoms with van der Waals surface area (Å²) in [7, 11) is 0. The van der Waals surface area contributed by atoms with E-state index in [1.807, 2.05) is 19.9 Å². The Balaban J connectivity index is 2.40. The Hall–Kier alpha value is -2.43. The van der Waals surface area contributed by atoms with Crippen LogP contribution in [0, 0.1) is 12.3 Å². The molecule has 3 N–H and O–H groups in total. The minimum atomic E-state index is -0.426. The number of unbranched alkanes of at least 4 members (excludes halogenated alkanes) is 1. The van der Waals surface area contributed by atoms with Gasteiger partial charge in [-0.15, -0.1) is 0 Å². The number of amides is 1. The van der Waals surface area contributed by atoms with Crippen LogP contribution in [0.5, 0.6) is 0 Å². The van der Waals surface area contributed by atoms with Crippen molar-refractivity contribution in [3.8, 4) is 0 Å². The van der Waals surface area contributed by atoms with Crippen LogP contribution < -0.4 is 10.6 Å². The second kappa shape index (κ2) is 8.60. The Morgan fingerprint density at radius 2 is 2.00 bits per heavy atom. The van der Waals surface area contributed by atoms with Gasteiger partial charge in [0.2, 0.25) is 0 Å². The lowest BCUT2D eigenvalue weighted by molar-refractivity contribution is -0.119. The number of hydrogen-bond acceptors (Lipinski definition) is 4. The van der Waals surface area contributed by atoms with Crippen LogP contribution in [0.1, 0.15) is 73.6 Å². The molecule has 0 fully saturated rings. The fourth-order valence-electron chi connectivity index (χ4n) is 3.03. The van der Waals surface area contributed by atoms with Crippen molar-refractivity contribution in [2.24, 2.45) is 0 Å². The molecule has 2 rings (SSSR count). The number of hydrogen-bond donors (Lipinski definition) is 3. The van der Waals surface area contributed by atoms with Crippen LogP contribution in [-0.2, 0) is 4.79 Å². The third kappa shape index (κ3) is 4.35. The van der Waals surface area contributed by atoms with E-state index >= 15 is 0 Å². The highest BCUT2D eigenvalue weighted by Gasteiger charge is 2.29. The topological polar surface area (TPSA) is 82.1 Å². The molecule has 1 heterocycles. The lowest BCUT2D eigenvalue weighted by Gasteiger charge is -2.32. The summed E-state index contributed by atoms with van der Waals surface area (Å²) in [6, 6.07) is 5.43. The SMILES string of the molecule is CCCCC1=C(C(=N)CCC)NC(c2cc(C=O)ccc2C)NC1=O. The maximum atomic E-state index is 12.7. The Kier molecular flexibility index (Phi) is 6.51. The highest BCUT2D eigenvalue weighted by molar-refractivity contribution is 6.07. The molecule has 5 heteroatoms.